The summed E-state index contributed by atoms with van der Waals surface area (Å²) in [6.45, 7) is 4.60. The van der Waals surface area contributed by atoms with Gasteiger partial charge in [0.05, 0.1) is 26.7 Å². The number of carbonyl (C=O) groups is 1. The molecule has 3 nitrogen and oxygen atoms in total. The molecule has 0 amide bonds. The highest BCUT2D eigenvalue weighted by molar-refractivity contribution is 5.96. The molecule has 1 aliphatic heterocycles. The molecule has 0 radical (unpaired) electrons. The first kappa shape index (κ1) is 20.2. The molecule has 0 spiro atoms. The molecule has 28 heavy (non-hydrogen) atoms. The third kappa shape index (κ3) is 4.86. The van der Waals surface area contributed by atoms with Crippen molar-refractivity contribution in [2.24, 2.45) is 5.92 Å². The second-order valence-electron chi connectivity index (χ2n) is 8.03. The van der Waals surface area contributed by atoms with Crippen LogP contribution in [0.25, 0.3) is 12.2 Å². The van der Waals surface area contributed by atoms with Crippen LogP contribution < -0.4 is 0 Å². The zero-order valence-electron chi connectivity index (χ0n) is 16.8. The largest absolute Gasteiger partial charge is 0.385 e. The van der Waals surface area contributed by atoms with Crippen molar-refractivity contribution in [1.29, 1.82) is 0 Å². The standard InChI is InChI=1S/C25H30NO2/c1-3-26(2)19-18-25(28,17-16-22-12-8-5-9-13-22)23(20-26)24(27)15-14-21-10-6-4-7-11-21/h4-17,23,28H,3,18-20H2,1-2H3/q+1/b15-14+,17-16+/t23-,25+,26?/m0/s1. The third-order valence-corrected chi connectivity index (χ3v) is 5.99. The summed E-state index contributed by atoms with van der Waals surface area (Å²) in [6.07, 6.45) is 7.82. The van der Waals surface area contributed by atoms with E-state index in [0.717, 1.165) is 28.7 Å². The van der Waals surface area contributed by atoms with E-state index in [0.29, 0.717) is 13.0 Å². The van der Waals surface area contributed by atoms with Crippen molar-refractivity contribution in [2.75, 3.05) is 26.7 Å². The van der Waals surface area contributed by atoms with Gasteiger partial charge in [0.2, 0.25) is 0 Å². The summed E-state index contributed by atoms with van der Waals surface area (Å²) in [5.74, 6) is -0.465. The molecule has 3 rings (SSSR count). The summed E-state index contributed by atoms with van der Waals surface area (Å²) < 4.78 is 0.803. The number of ketones is 1. The van der Waals surface area contributed by atoms with Crippen molar-refractivity contribution in [2.45, 2.75) is 18.9 Å². The molecule has 3 heteroatoms. The van der Waals surface area contributed by atoms with Crippen molar-refractivity contribution >= 4 is 17.9 Å². The minimum Gasteiger partial charge on any atom is -0.385 e. The summed E-state index contributed by atoms with van der Waals surface area (Å²) in [4.78, 5) is 13.1. The molecule has 0 aromatic heterocycles. The van der Waals surface area contributed by atoms with E-state index < -0.39 is 11.5 Å². The number of carbonyl (C=O) groups excluding carboxylic acids is 1. The van der Waals surface area contributed by atoms with Gasteiger partial charge in [-0.05, 0) is 24.1 Å². The molecule has 1 unspecified atom stereocenters. The van der Waals surface area contributed by atoms with Crippen LogP contribution in [0, 0.1) is 5.92 Å². The maximum absolute atomic E-state index is 13.1. The lowest BCUT2D eigenvalue weighted by Gasteiger charge is -2.46. The van der Waals surface area contributed by atoms with Gasteiger partial charge in [-0.3, -0.25) is 4.79 Å². The maximum atomic E-state index is 13.1. The zero-order valence-corrected chi connectivity index (χ0v) is 16.8. The first-order valence-corrected chi connectivity index (χ1v) is 10.0. The van der Waals surface area contributed by atoms with Crippen molar-refractivity contribution in [3.63, 3.8) is 0 Å². The monoisotopic (exact) mass is 376 g/mol. The van der Waals surface area contributed by atoms with Gasteiger partial charge in [-0.1, -0.05) is 78.9 Å². The zero-order chi connectivity index (χ0) is 20.0. The van der Waals surface area contributed by atoms with E-state index in [4.69, 9.17) is 0 Å². The number of hydrogen-bond donors (Lipinski definition) is 1. The summed E-state index contributed by atoms with van der Waals surface area (Å²) in [5, 5.41) is 11.4. The average molecular weight is 377 g/mol. The molecule has 0 saturated carbocycles. The van der Waals surface area contributed by atoms with Gasteiger partial charge in [-0.2, -0.15) is 0 Å². The number of allylic oxidation sites excluding steroid dienone is 1. The number of aliphatic hydroxyl groups is 1. The SMILES string of the molecule is CC[N+]1(C)CC[C@](O)(/C=C/c2ccccc2)[C@H](C(=O)/C=C/c2ccccc2)C1. The van der Waals surface area contributed by atoms with Gasteiger partial charge in [0.15, 0.2) is 5.78 Å². The highest BCUT2D eigenvalue weighted by atomic mass is 16.3. The van der Waals surface area contributed by atoms with E-state index in [-0.39, 0.29) is 5.78 Å². The quantitative estimate of drug-likeness (QED) is 0.606. The van der Waals surface area contributed by atoms with Crippen LogP contribution in [0.1, 0.15) is 24.5 Å². The molecule has 0 aliphatic carbocycles. The molecule has 1 aliphatic rings. The van der Waals surface area contributed by atoms with E-state index in [1.165, 1.54) is 0 Å². The van der Waals surface area contributed by atoms with Gasteiger partial charge in [0.1, 0.15) is 11.5 Å². The van der Waals surface area contributed by atoms with Gasteiger partial charge in [-0.15, -0.1) is 0 Å². The molecule has 2 aromatic rings. The second-order valence-corrected chi connectivity index (χ2v) is 8.03. The van der Waals surface area contributed by atoms with Crippen LogP contribution in [-0.4, -0.2) is 47.7 Å². The predicted octanol–water partition coefficient (Wildman–Crippen LogP) is 4.20. The topological polar surface area (TPSA) is 37.3 Å². The highest BCUT2D eigenvalue weighted by Gasteiger charge is 2.48. The molecule has 2 aromatic carbocycles. The van der Waals surface area contributed by atoms with Gasteiger partial charge in [-0.25, -0.2) is 0 Å². The first-order chi connectivity index (χ1) is 13.4. The minimum atomic E-state index is -1.12. The number of nitrogens with zero attached hydrogens (tertiary/aromatic N) is 1. The fourth-order valence-electron chi connectivity index (χ4n) is 3.80. The molecule has 1 fully saturated rings. The van der Waals surface area contributed by atoms with E-state index >= 15 is 0 Å². The third-order valence-electron chi connectivity index (χ3n) is 5.99. The number of quaternary nitrogens is 1. The molecule has 1 N–H and O–H groups in total. The van der Waals surface area contributed by atoms with Crippen molar-refractivity contribution < 1.29 is 14.4 Å². The smallest absolute Gasteiger partial charge is 0.167 e. The van der Waals surface area contributed by atoms with Crippen LogP contribution in [0.5, 0.6) is 0 Å². The maximum Gasteiger partial charge on any atom is 0.167 e. The summed E-state index contributed by atoms with van der Waals surface area (Å²) >= 11 is 0. The van der Waals surface area contributed by atoms with Crippen LogP contribution >= 0.6 is 0 Å². The normalized spacial score (nSPS) is 28.0. The lowest BCUT2D eigenvalue weighted by atomic mass is 9.76. The Labute approximate surface area is 168 Å². The molecule has 1 heterocycles. The van der Waals surface area contributed by atoms with E-state index in [2.05, 4.69) is 14.0 Å². The van der Waals surface area contributed by atoms with Gasteiger partial charge in [0, 0.05) is 6.42 Å². The van der Waals surface area contributed by atoms with Crippen LogP contribution in [0.3, 0.4) is 0 Å². The summed E-state index contributed by atoms with van der Waals surface area (Å²) in [5.41, 5.74) is 0.893. The Kier molecular flexibility index (Phi) is 6.28. The van der Waals surface area contributed by atoms with E-state index in [1.807, 2.05) is 78.9 Å². The Morgan fingerprint density at radius 2 is 1.64 bits per heavy atom. The Morgan fingerprint density at radius 3 is 2.21 bits per heavy atom. The van der Waals surface area contributed by atoms with Crippen LogP contribution in [0.15, 0.2) is 72.8 Å². The Hall–Kier alpha value is -2.49. The predicted molar refractivity (Wildman–Crippen MR) is 115 cm³/mol. The lowest BCUT2D eigenvalue weighted by Crippen LogP contribution is -2.61. The fourth-order valence-corrected chi connectivity index (χ4v) is 3.80. The van der Waals surface area contributed by atoms with Crippen LogP contribution in [0.2, 0.25) is 0 Å². The van der Waals surface area contributed by atoms with Crippen molar-refractivity contribution in [3.05, 3.63) is 83.9 Å². The molecule has 3 atom stereocenters. The second kappa shape index (κ2) is 8.68. The molecular weight excluding hydrogens is 346 g/mol. The van der Waals surface area contributed by atoms with Crippen molar-refractivity contribution in [1.82, 2.24) is 0 Å². The number of likely N-dealkylation sites (tertiary alicyclic amines) is 1. The number of piperidine rings is 1. The number of rotatable bonds is 6. The van der Waals surface area contributed by atoms with Gasteiger partial charge in [0.25, 0.3) is 0 Å². The van der Waals surface area contributed by atoms with Crippen molar-refractivity contribution in [3.8, 4) is 0 Å². The Morgan fingerprint density at radius 1 is 1.07 bits per heavy atom. The lowest BCUT2D eigenvalue weighted by molar-refractivity contribution is -0.916. The Bertz CT molecular complexity index is 843. The first-order valence-electron chi connectivity index (χ1n) is 10.0. The summed E-state index contributed by atoms with van der Waals surface area (Å²) in [6, 6.07) is 19.7. The van der Waals surface area contributed by atoms with Gasteiger partial charge >= 0.3 is 0 Å². The molecule has 0 bridgehead atoms. The fraction of sp³-hybridized carbons (Fsp3) is 0.320. The Balaban J connectivity index is 1.85. The number of hydrogen-bond acceptors (Lipinski definition) is 2. The summed E-state index contributed by atoms with van der Waals surface area (Å²) in [7, 11) is 2.17. The van der Waals surface area contributed by atoms with Crippen LogP contribution in [-0.2, 0) is 4.79 Å². The average Bonchev–Trinajstić information content (AvgIpc) is 2.74. The van der Waals surface area contributed by atoms with E-state index in [9.17, 15) is 9.90 Å². The molecule has 1 saturated heterocycles. The molecule has 146 valence electrons. The minimum absolute atomic E-state index is 0.0124. The molecular formula is C25H30NO2+. The van der Waals surface area contributed by atoms with E-state index in [1.54, 1.807) is 6.08 Å². The highest BCUT2D eigenvalue weighted by Crippen LogP contribution is 2.34. The van der Waals surface area contributed by atoms with Crippen LogP contribution in [0.4, 0.5) is 0 Å². The van der Waals surface area contributed by atoms with Gasteiger partial charge < -0.3 is 9.59 Å². The number of benzene rings is 2.